The molecule has 0 saturated heterocycles. The third-order valence-electron chi connectivity index (χ3n) is 2.79. The molecule has 0 bridgehead atoms. The van der Waals surface area contributed by atoms with E-state index in [0.717, 1.165) is 0 Å². The second-order valence-corrected chi connectivity index (χ2v) is 5.19. The molecule has 0 aliphatic carbocycles. The van der Waals surface area contributed by atoms with E-state index in [1.54, 1.807) is 12.1 Å². The van der Waals surface area contributed by atoms with Crippen molar-refractivity contribution in [2.75, 3.05) is 6.54 Å². The number of nitro groups is 1. The first-order chi connectivity index (χ1) is 9.38. The van der Waals surface area contributed by atoms with Crippen LogP contribution in [0.25, 0.3) is 0 Å². The molecule has 1 aromatic rings. The van der Waals surface area contributed by atoms with Crippen LogP contribution in [0.3, 0.4) is 0 Å². The summed E-state index contributed by atoms with van der Waals surface area (Å²) in [6, 6.07) is 5.86. The zero-order chi connectivity index (χ0) is 15.1. The van der Waals surface area contributed by atoms with Gasteiger partial charge < -0.3 is 10.4 Å². The van der Waals surface area contributed by atoms with Gasteiger partial charge in [0.1, 0.15) is 0 Å². The van der Waals surface area contributed by atoms with Crippen LogP contribution in [-0.4, -0.2) is 28.6 Å². The maximum Gasteiger partial charge on any atom is 0.269 e. The lowest BCUT2D eigenvalue weighted by Crippen LogP contribution is -2.33. The van der Waals surface area contributed by atoms with Crippen molar-refractivity contribution >= 4 is 11.6 Å². The Balaban J connectivity index is 2.40. The number of amides is 1. The monoisotopic (exact) mass is 280 g/mol. The second kappa shape index (κ2) is 7.59. The molecule has 0 aliphatic heterocycles. The average molecular weight is 280 g/mol. The summed E-state index contributed by atoms with van der Waals surface area (Å²) >= 11 is 0. The number of non-ortho nitro benzene ring substituents is 1. The van der Waals surface area contributed by atoms with E-state index in [1.165, 1.54) is 12.1 Å². The minimum absolute atomic E-state index is 0.00140. The zero-order valence-electron chi connectivity index (χ0n) is 11.7. The van der Waals surface area contributed by atoms with Crippen LogP contribution >= 0.6 is 0 Å². The van der Waals surface area contributed by atoms with Crippen molar-refractivity contribution in [1.82, 2.24) is 5.32 Å². The molecule has 20 heavy (non-hydrogen) atoms. The summed E-state index contributed by atoms with van der Waals surface area (Å²) in [4.78, 5) is 21.7. The number of hydrogen-bond donors (Lipinski definition) is 2. The number of carbonyl (C=O) groups excluding carboxylic acids is 1. The standard InChI is InChI=1S/C14H20N2O4/c1-10(2)7-13(17)9-15-14(18)8-11-3-5-12(6-4-11)16(19)20/h3-6,10,13,17H,7-9H2,1-2H3,(H,15,18). The van der Waals surface area contributed by atoms with Crippen LogP contribution in [-0.2, 0) is 11.2 Å². The highest BCUT2D eigenvalue weighted by molar-refractivity contribution is 5.78. The molecule has 0 radical (unpaired) electrons. The number of nitrogens with zero attached hydrogens (tertiary/aromatic N) is 1. The van der Waals surface area contributed by atoms with Gasteiger partial charge in [0.25, 0.3) is 5.69 Å². The number of nitro benzene ring substituents is 1. The van der Waals surface area contributed by atoms with Gasteiger partial charge in [0.05, 0.1) is 17.4 Å². The summed E-state index contributed by atoms with van der Waals surface area (Å²) in [5, 5.41) is 22.8. The lowest BCUT2D eigenvalue weighted by Gasteiger charge is -2.13. The Morgan fingerprint density at radius 3 is 2.45 bits per heavy atom. The van der Waals surface area contributed by atoms with Crippen molar-refractivity contribution in [3.63, 3.8) is 0 Å². The van der Waals surface area contributed by atoms with Crippen LogP contribution < -0.4 is 5.32 Å². The number of aliphatic hydroxyl groups is 1. The molecule has 0 heterocycles. The SMILES string of the molecule is CC(C)CC(O)CNC(=O)Cc1ccc([N+](=O)[O-])cc1. The Bertz CT molecular complexity index is 457. The molecule has 1 amide bonds. The molecule has 0 aromatic heterocycles. The van der Waals surface area contributed by atoms with Gasteiger partial charge in [0, 0.05) is 18.7 Å². The highest BCUT2D eigenvalue weighted by atomic mass is 16.6. The van der Waals surface area contributed by atoms with E-state index >= 15 is 0 Å². The minimum atomic E-state index is -0.546. The Kier molecular flexibility index (Phi) is 6.11. The number of carbonyl (C=O) groups is 1. The zero-order valence-corrected chi connectivity index (χ0v) is 11.7. The molecule has 0 fully saturated rings. The molecule has 0 saturated carbocycles. The van der Waals surface area contributed by atoms with Gasteiger partial charge >= 0.3 is 0 Å². The first-order valence-corrected chi connectivity index (χ1v) is 6.56. The first kappa shape index (κ1) is 16.1. The van der Waals surface area contributed by atoms with E-state index in [0.29, 0.717) is 17.9 Å². The highest BCUT2D eigenvalue weighted by Gasteiger charge is 2.10. The molecule has 6 nitrogen and oxygen atoms in total. The fourth-order valence-electron chi connectivity index (χ4n) is 1.84. The Morgan fingerprint density at radius 1 is 1.35 bits per heavy atom. The van der Waals surface area contributed by atoms with E-state index in [9.17, 15) is 20.0 Å². The third kappa shape index (κ3) is 5.79. The largest absolute Gasteiger partial charge is 0.391 e. The fourth-order valence-corrected chi connectivity index (χ4v) is 1.84. The molecular weight excluding hydrogens is 260 g/mol. The van der Waals surface area contributed by atoms with Gasteiger partial charge in [0.15, 0.2) is 0 Å². The summed E-state index contributed by atoms with van der Waals surface area (Å²) in [7, 11) is 0. The summed E-state index contributed by atoms with van der Waals surface area (Å²) in [6.07, 6.45) is 0.236. The van der Waals surface area contributed by atoms with Crippen molar-refractivity contribution in [1.29, 1.82) is 0 Å². The number of rotatable bonds is 7. The van der Waals surface area contributed by atoms with Crippen LogP contribution in [0.15, 0.2) is 24.3 Å². The van der Waals surface area contributed by atoms with Crippen molar-refractivity contribution < 1.29 is 14.8 Å². The van der Waals surface area contributed by atoms with E-state index in [4.69, 9.17) is 0 Å². The predicted molar refractivity (Wildman–Crippen MR) is 75.3 cm³/mol. The van der Waals surface area contributed by atoms with E-state index in [2.05, 4.69) is 5.32 Å². The van der Waals surface area contributed by atoms with Crippen LogP contribution in [0.2, 0.25) is 0 Å². The van der Waals surface area contributed by atoms with Gasteiger partial charge in [-0.1, -0.05) is 26.0 Å². The maximum absolute atomic E-state index is 11.7. The molecule has 1 rings (SSSR count). The van der Waals surface area contributed by atoms with Crippen LogP contribution in [0.1, 0.15) is 25.8 Å². The lowest BCUT2D eigenvalue weighted by molar-refractivity contribution is -0.384. The Hall–Kier alpha value is -1.95. The summed E-state index contributed by atoms with van der Waals surface area (Å²) in [6.45, 7) is 4.23. The molecule has 1 atom stereocenters. The van der Waals surface area contributed by atoms with E-state index < -0.39 is 11.0 Å². The van der Waals surface area contributed by atoms with Gasteiger partial charge in [-0.2, -0.15) is 0 Å². The first-order valence-electron chi connectivity index (χ1n) is 6.56. The fraction of sp³-hybridized carbons (Fsp3) is 0.500. The molecular formula is C14H20N2O4. The lowest BCUT2D eigenvalue weighted by atomic mass is 10.1. The summed E-state index contributed by atoms with van der Waals surface area (Å²) in [5.41, 5.74) is 0.702. The van der Waals surface area contributed by atoms with E-state index in [-0.39, 0.29) is 24.6 Å². The normalized spacial score (nSPS) is 12.2. The predicted octanol–water partition coefficient (Wildman–Crippen LogP) is 1.66. The number of hydrogen-bond acceptors (Lipinski definition) is 4. The van der Waals surface area contributed by atoms with Crippen molar-refractivity contribution in [2.24, 2.45) is 5.92 Å². The van der Waals surface area contributed by atoms with Crippen LogP contribution in [0, 0.1) is 16.0 Å². The van der Waals surface area contributed by atoms with Gasteiger partial charge in [0.2, 0.25) is 5.91 Å². The smallest absolute Gasteiger partial charge is 0.269 e. The highest BCUT2D eigenvalue weighted by Crippen LogP contribution is 2.12. The molecule has 110 valence electrons. The summed E-state index contributed by atoms with van der Waals surface area (Å²) < 4.78 is 0. The van der Waals surface area contributed by atoms with Crippen LogP contribution in [0.4, 0.5) is 5.69 Å². The van der Waals surface area contributed by atoms with Gasteiger partial charge in [-0.15, -0.1) is 0 Å². The summed E-state index contributed by atoms with van der Waals surface area (Å²) in [5.74, 6) is 0.165. The number of aliphatic hydroxyl groups excluding tert-OH is 1. The van der Waals surface area contributed by atoms with E-state index in [1.807, 2.05) is 13.8 Å². The molecule has 0 aliphatic rings. The number of nitrogens with one attached hydrogen (secondary N) is 1. The van der Waals surface area contributed by atoms with Crippen LogP contribution in [0.5, 0.6) is 0 Å². The number of benzene rings is 1. The molecule has 1 aromatic carbocycles. The Morgan fingerprint density at radius 2 is 1.95 bits per heavy atom. The van der Waals surface area contributed by atoms with Crippen molar-refractivity contribution in [3.05, 3.63) is 39.9 Å². The minimum Gasteiger partial charge on any atom is -0.391 e. The molecule has 1 unspecified atom stereocenters. The van der Waals surface area contributed by atoms with Gasteiger partial charge in [-0.05, 0) is 17.9 Å². The topological polar surface area (TPSA) is 92.5 Å². The molecule has 0 spiro atoms. The molecule has 6 heteroatoms. The quantitative estimate of drug-likeness (QED) is 0.587. The third-order valence-corrected chi connectivity index (χ3v) is 2.79. The Labute approximate surface area is 118 Å². The average Bonchev–Trinajstić information content (AvgIpc) is 2.36. The van der Waals surface area contributed by atoms with Gasteiger partial charge in [-0.3, -0.25) is 14.9 Å². The molecule has 2 N–H and O–H groups in total. The van der Waals surface area contributed by atoms with Gasteiger partial charge in [-0.25, -0.2) is 0 Å². The van der Waals surface area contributed by atoms with Crippen molar-refractivity contribution in [3.8, 4) is 0 Å². The maximum atomic E-state index is 11.7. The second-order valence-electron chi connectivity index (χ2n) is 5.19. The van der Waals surface area contributed by atoms with Crippen molar-refractivity contribution in [2.45, 2.75) is 32.8 Å².